The number of benzene rings is 9. The lowest BCUT2D eigenvalue weighted by atomic mass is 9.83. The van der Waals surface area contributed by atoms with Gasteiger partial charge in [0.2, 0.25) is 0 Å². The normalized spacial score (nSPS) is 12.2. The Morgan fingerprint density at radius 1 is 0.433 bits per heavy atom. The van der Waals surface area contributed by atoms with Crippen LogP contribution in [0.2, 0.25) is 0 Å². The minimum absolute atomic E-state index is 0.327. The van der Waals surface area contributed by atoms with Crippen LogP contribution in [0.25, 0.3) is 92.2 Å². The van der Waals surface area contributed by atoms with Gasteiger partial charge < -0.3 is 4.57 Å². The number of hydrogen-bond donors (Lipinski definition) is 0. The van der Waals surface area contributed by atoms with Gasteiger partial charge >= 0.3 is 0 Å². The molecule has 0 radical (unpaired) electrons. The summed E-state index contributed by atoms with van der Waals surface area (Å²) in [5.74, 6) is 0.327. The number of aryl methyl sites for hydroxylation is 1. The molecule has 0 fully saturated rings. The topological polar surface area (TPSA) is 4.93 Å². The van der Waals surface area contributed by atoms with E-state index in [9.17, 15) is 0 Å². The van der Waals surface area contributed by atoms with Crippen LogP contribution in [0.4, 0.5) is 0 Å². The summed E-state index contributed by atoms with van der Waals surface area (Å²) in [7, 11) is 0. The fourth-order valence-corrected chi connectivity index (χ4v) is 10.7. The summed E-state index contributed by atoms with van der Waals surface area (Å²) < 4.78 is 5.11. The third kappa shape index (κ3) is 6.15. The van der Waals surface area contributed by atoms with Gasteiger partial charge in [-0.2, -0.15) is 0 Å². The second-order valence-electron chi connectivity index (χ2n) is 16.0. The lowest BCUT2D eigenvalue weighted by Gasteiger charge is -2.21. The molecule has 0 bridgehead atoms. The molecule has 286 valence electrons. The number of thiophene rings is 1. The quantitative estimate of drug-likeness (QED) is 0.145. The van der Waals surface area contributed by atoms with Gasteiger partial charge in [0.05, 0.1) is 11.0 Å². The van der Waals surface area contributed by atoms with E-state index in [4.69, 9.17) is 0 Å². The molecule has 60 heavy (non-hydrogen) atoms. The van der Waals surface area contributed by atoms with Crippen LogP contribution >= 0.6 is 11.3 Å². The minimum Gasteiger partial charge on any atom is -0.309 e. The highest BCUT2D eigenvalue weighted by atomic mass is 32.1. The van der Waals surface area contributed by atoms with Crippen molar-refractivity contribution in [3.05, 3.63) is 223 Å². The van der Waals surface area contributed by atoms with E-state index in [1.165, 1.54) is 109 Å². The van der Waals surface area contributed by atoms with Crippen LogP contribution in [0.1, 0.15) is 36.0 Å². The van der Waals surface area contributed by atoms with Crippen molar-refractivity contribution in [2.24, 2.45) is 0 Å². The monoisotopic (exact) mass is 785 g/mol. The molecule has 0 spiro atoms. The first kappa shape index (κ1) is 36.1. The third-order valence-corrected chi connectivity index (χ3v) is 13.7. The first-order valence-corrected chi connectivity index (χ1v) is 21.8. The summed E-state index contributed by atoms with van der Waals surface area (Å²) in [6.45, 7) is 4.55. The van der Waals surface area contributed by atoms with Crippen molar-refractivity contribution in [2.75, 3.05) is 0 Å². The predicted molar refractivity (Wildman–Crippen MR) is 259 cm³/mol. The fourth-order valence-electron chi connectivity index (χ4n) is 9.52. The van der Waals surface area contributed by atoms with Gasteiger partial charge in [0, 0.05) is 48.1 Å². The van der Waals surface area contributed by atoms with Crippen LogP contribution in [0.5, 0.6) is 0 Å². The second-order valence-corrected chi connectivity index (χ2v) is 17.0. The van der Waals surface area contributed by atoms with Crippen LogP contribution < -0.4 is 0 Å². The Labute approximate surface area is 355 Å². The van der Waals surface area contributed by atoms with Crippen molar-refractivity contribution in [1.82, 2.24) is 4.57 Å². The maximum Gasteiger partial charge on any atom is 0.0541 e. The molecule has 9 aromatic carbocycles. The molecule has 0 N–H and O–H groups in total. The van der Waals surface area contributed by atoms with Crippen LogP contribution in [0.15, 0.2) is 206 Å². The SMILES string of the molecule is CCC(c1ccccc1)c1ccccc1-c1cc(-c2ccc3c(c2)c2ccccc2n3-c2cc(-c3ccc(-c4ccccc4)cc3)c3sc4ccccc4c3c2)ccc1C. The highest BCUT2D eigenvalue weighted by Crippen LogP contribution is 2.44. The zero-order valence-corrected chi connectivity index (χ0v) is 34.6. The number of para-hydroxylation sites is 1. The van der Waals surface area contributed by atoms with E-state index >= 15 is 0 Å². The lowest BCUT2D eigenvalue weighted by Crippen LogP contribution is -2.02. The first-order valence-electron chi connectivity index (χ1n) is 21.0. The maximum atomic E-state index is 2.48. The third-order valence-electron chi connectivity index (χ3n) is 12.5. The van der Waals surface area contributed by atoms with Crippen LogP contribution in [0.3, 0.4) is 0 Å². The number of rotatable bonds is 8. The average Bonchev–Trinajstić information content (AvgIpc) is 3.86. The molecule has 0 aliphatic rings. The number of fused-ring (bicyclic) bond motifs is 6. The Hall–Kier alpha value is -7.00. The minimum atomic E-state index is 0.327. The molecule has 2 aromatic heterocycles. The van der Waals surface area contributed by atoms with E-state index < -0.39 is 0 Å². The Kier molecular flexibility index (Phi) is 9.02. The zero-order valence-electron chi connectivity index (χ0n) is 33.8. The fraction of sp³-hybridized carbons (Fsp3) is 0.0690. The molecule has 11 aromatic rings. The highest BCUT2D eigenvalue weighted by molar-refractivity contribution is 7.26. The van der Waals surface area contributed by atoms with E-state index in [1.54, 1.807) is 0 Å². The van der Waals surface area contributed by atoms with Crippen molar-refractivity contribution >= 4 is 53.3 Å². The summed E-state index contributed by atoms with van der Waals surface area (Å²) in [6, 6.07) is 76.4. The summed E-state index contributed by atoms with van der Waals surface area (Å²) in [5, 5.41) is 5.10. The molecular weight excluding hydrogens is 743 g/mol. The van der Waals surface area contributed by atoms with Gasteiger partial charge in [-0.1, -0.05) is 171 Å². The van der Waals surface area contributed by atoms with E-state index in [0.29, 0.717) is 5.92 Å². The molecule has 2 heteroatoms. The van der Waals surface area contributed by atoms with Crippen molar-refractivity contribution in [2.45, 2.75) is 26.2 Å². The van der Waals surface area contributed by atoms with Gasteiger partial charge in [-0.05, 0) is 111 Å². The molecule has 1 atom stereocenters. The van der Waals surface area contributed by atoms with Crippen LogP contribution in [-0.4, -0.2) is 4.57 Å². The maximum absolute atomic E-state index is 2.48. The van der Waals surface area contributed by atoms with E-state index in [0.717, 1.165) is 6.42 Å². The highest BCUT2D eigenvalue weighted by Gasteiger charge is 2.20. The molecule has 0 amide bonds. The number of aromatic nitrogens is 1. The first-order chi connectivity index (χ1) is 29.6. The Balaban J connectivity index is 1.06. The van der Waals surface area contributed by atoms with Gasteiger partial charge in [0.15, 0.2) is 0 Å². The van der Waals surface area contributed by atoms with E-state index in [2.05, 4.69) is 225 Å². The number of nitrogens with zero attached hydrogens (tertiary/aromatic N) is 1. The molecule has 0 saturated carbocycles. The molecule has 1 unspecified atom stereocenters. The van der Waals surface area contributed by atoms with Gasteiger partial charge in [0.1, 0.15) is 0 Å². The van der Waals surface area contributed by atoms with Crippen molar-refractivity contribution < 1.29 is 0 Å². The zero-order chi connectivity index (χ0) is 40.2. The standard InChI is InChI=1S/C58H43NS/c1-3-46(41-18-8-5-9-19-41)47-20-10-11-21-48(47)51-34-43(27-26-38(51)2)44-32-33-56-53(35-44)49-22-12-14-24-55(49)59(56)45-36-52(58-54(37-45)50-23-13-15-25-57(50)60-58)42-30-28-40(29-31-42)39-16-6-4-7-17-39/h4-37,46H,3H2,1-2H3. The molecular formula is C58H43NS. The molecule has 1 nitrogen and oxygen atoms in total. The van der Waals surface area contributed by atoms with Gasteiger partial charge in [-0.25, -0.2) is 0 Å². The Morgan fingerprint density at radius 2 is 1.05 bits per heavy atom. The lowest BCUT2D eigenvalue weighted by molar-refractivity contribution is 0.779. The van der Waals surface area contributed by atoms with Crippen LogP contribution in [-0.2, 0) is 0 Å². The molecule has 11 rings (SSSR count). The predicted octanol–water partition coefficient (Wildman–Crippen LogP) is 16.7. The smallest absolute Gasteiger partial charge is 0.0541 e. The average molecular weight is 786 g/mol. The largest absolute Gasteiger partial charge is 0.309 e. The van der Waals surface area contributed by atoms with Crippen molar-refractivity contribution in [1.29, 1.82) is 0 Å². The van der Waals surface area contributed by atoms with E-state index in [1.807, 2.05) is 11.3 Å². The van der Waals surface area contributed by atoms with Crippen molar-refractivity contribution in [3.8, 4) is 50.2 Å². The Morgan fingerprint density at radius 3 is 1.87 bits per heavy atom. The summed E-state index contributed by atoms with van der Waals surface area (Å²) in [6.07, 6.45) is 1.04. The molecule has 0 aliphatic carbocycles. The summed E-state index contributed by atoms with van der Waals surface area (Å²) >= 11 is 1.89. The molecule has 0 saturated heterocycles. The summed E-state index contributed by atoms with van der Waals surface area (Å²) in [5.41, 5.74) is 17.6. The van der Waals surface area contributed by atoms with Crippen LogP contribution in [0, 0.1) is 6.92 Å². The Bertz CT molecular complexity index is 3350. The summed E-state index contributed by atoms with van der Waals surface area (Å²) in [4.78, 5) is 0. The van der Waals surface area contributed by atoms with Crippen molar-refractivity contribution in [3.63, 3.8) is 0 Å². The molecule has 2 heterocycles. The van der Waals surface area contributed by atoms with Gasteiger partial charge in [0.25, 0.3) is 0 Å². The number of hydrogen-bond acceptors (Lipinski definition) is 1. The van der Waals surface area contributed by atoms with Gasteiger partial charge in [-0.3, -0.25) is 0 Å². The second kappa shape index (κ2) is 15.0. The molecule has 0 aliphatic heterocycles. The van der Waals surface area contributed by atoms with Gasteiger partial charge in [-0.15, -0.1) is 11.3 Å². The van der Waals surface area contributed by atoms with E-state index in [-0.39, 0.29) is 0 Å².